The minimum atomic E-state index is -0.925. The van der Waals surface area contributed by atoms with Crippen molar-refractivity contribution in [3.63, 3.8) is 0 Å². The molecule has 0 aliphatic rings. The van der Waals surface area contributed by atoms with Gasteiger partial charge in [-0.3, -0.25) is 0 Å². The van der Waals surface area contributed by atoms with Crippen molar-refractivity contribution in [1.29, 1.82) is 0 Å². The zero-order valence-electron chi connectivity index (χ0n) is 12.2. The molecule has 0 spiro atoms. The third kappa shape index (κ3) is 4.24. The molecular formula is C17H19NO3. The second-order valence-corrected chi connectivity index (χ2v) is 4.87. The number of carbonyl (C=O) groups is 1. The van der Waals surface area contributed by atoms with Gasteiger partial charge in [-0.05, 0) is 49.7 Å². The number of carboxylic acids is 1. The number of carboxylic acid groups (broad SMARTS) is 1. The van der Waals surface area contributed by atoms with Crippen LogP contribution in [0.1, 0.15) is 30.6 Å². The predicted molar refractivity (Wildman–Crippen MR) is 83.5 cm³/mol. The molecule has 0 heterocycles. The molecule has 110 valence electrons. The molecule has 0 fully saturated rings. The van der Waals surface area contributed by atoms with Crippen molar-refractivity contribution < 1.29 is 14.6 Å². The molecule has 2 N–H and O–H groups in total. The zero-order chi connectivity index (χ0) is 15.2. The Labute approximate surface area is 124 Å². The second kappa shape index (κ2) is 6.79. The summed E-state index contributed by atoms with van der Waals surface area (Å²) in [6, 6.07) is 14.3. The van der Waals surface area contributed by atoms with Gasteiger partial charge >= 0.3 is 5.97 Å². The molecule has 0 aliphatic heterocycles. The number of benzene rings is 2. The Bertz CT molecular complexity index is 608. The second-order valence-electron chi connectivity index (χ2n) is 4.87. The Morgan fingerprint density at radius 2 is 1.90 bits per heavy atom. The normalized spacial score (nSPS) is 11.7. The summed E-state index contributed by atoms with van der Waals surface area (Å²) in [6.45, 7) is 4.11. The van der Waals surface area contributed by atoms with Crippen LogP contribution in [0.25, 0.3) is 0 Å². The van der Waals surface area contributed by atoms with Crippen molar-refractivity contribution >= 4 is 17.3 Å². The first kappa shape index (κ1) is 14.9. The van der Waals surface area contributed by atoms with E-state index in [1.165, 1.54) is 0 Å². The van der Waals surface area contributed by atoms with Crippen molar-refractivity contribution in [3.05, 3.63) is 54.1 Å². The van der Waals surface area contributed by atoms with E-state index in [4.69, 9.17) is 9.84 Å². The molecule has 2 rings (SSSR count). The van der Waals surface area contributed by atoms with Gasteiger partial charge in [0.05, 0.1) is 11.7 Å². The first-order valence-electron chi connectivity index (χ1n) is 6.95. The largest absolute Gasteiger partial charge is 0.491 e. The first-order chi connectivity index (χ1) is 10.1. The minimum Gasteiger partial charge on any atom is -0.491 e. The molecule has 0 radical (unpaired) electrons. The highest BCUT2D eigenvalue weighted by Gasteiger charge is 2.04. The molecule has 4 heteroatoms. The highest BCUT2D eigenvalue weighted by molar-refractivity contribution is 5.88. The number of hydrogen-bond acceptors (Lipinski definition) is 3. The molecule has 2 aromatic rings. The summed E-state index contributed by atoms with van der Waals surface area (Å²) < 4.78 is 5.77. The molecule has 0 saturated carbocycles. The summed E-state index contributed by atoms with van der Waals surface area (Å²) in [5.74, 6) is -0.109. The number of rotatable bonds is 6. The van der Waals surface area contributed by atoms with Crippen LogP contribution in [0.15, 0.2) is 48.5 Å². The average molecular weight is 285 g/mol. The quantitative estimate of drug-likeness (QED) is 0.830. The molecule has 0 amide bonds. The summed E-state index contributed by atoms with van der Waals surface area (Å²) in [5.41, 5.74) is 2.01. The Kier molecular flexibility index (Phi) is 4.82. The van der Waals surface area contributed by atoms with Crippen molar-refractivity contribution in [3.8, 4) is 5.75 Å². The van der Waals surface area contributed by atoms with Gasteiger partial charge in [0.25, 0.3) is 0 Å². The molecule has 0 aliphatic carbocycles. The molecular weight excluding hydrogens is 266 g/mol. The molecule has 0 aromatic heterocycles. The lowest BCUT2D eigenvalue weighted by Gasteiger charge is -2.14. The maximum absolute atomic E-state index is 10.8. The predicted octanol–water partition coefficient (Wildman–Crippen LogP) is 4.31. The fourth-order valence-corrected chi connectivity index (χ4v) is 1.83. The standard InChI is InChI=1S/C17H19NO3/c1-3-12(2)21-16-6-4-5-15(11-16)18-14-9-7-13(8-10-14)17(19)20/h4-12,18H,3H2,1-2H3,(H,19,20). The number of hydrogen-bond donors (Lipinski definition) is 2. The number of ether oxygens (including phenoxy) is 1. The van der Waals surface area contributed by atoms with E-state index in [0.29, 0.717) is 0 Å². The van der Waals surface area contributed by atoms with Crippen LogP contribution in [0.2, 0.25) is 0 Å². The molecule has 2 aromatic carbocycles. The Balaban J connectivity index is 2.08. The summed E-state index contributed by atoms with van der Waals surface area (Å²) in [6.07, 6.45) is 1.13. The van der Waals surface area contributed by atoms with Crippen LogP contribution in [0.5, 0.6) is 5.75 Å². The van der Waals surface area contributed by atoms with Crippen molar-refractivity contribution in [1.82, 2.24) is 0 Å². The molecule has 0 saturated heterocycles. The van der Waals surface area contributed by atoms with Gasteiger partial charge in [-0.15, -0.1) is 0 Å². The van der Waals surface area contributed by atoms with Crippen LogP contribution in [-0.4, -0.2) is 17.2 Å². The van der Waals surface area contributed by atoms with Crippen LogP contribution in [0.3, 0.4) is 0 Å². The van der Waals surface area contributed by atoms with Gasteiger partial charge in [-0.2, -0.15) is 0 Å². The Hall–Kier alpha value is -2.49. The average Bonchev–Trinajstić information content (AvgIpc) is 2.48. The first-order valence-corrected chi connectivity index (χ1v) is 6.95. The van der Waals surface area contributed by atoms with E-state index in [0.717, 1.165) is 23.5 Å². The molecule has 4 nitrogen and oxygen atoms in total. The molecule has 1 atom stereocenters. The summed E-state index contributed by atoms with van der Waals surface area (Å²) in [7, 11) is 0. The maximum atomic E-state index is 10.8. The highest BCUT2D eigenvalue weighted by Crippen LogP contribution is 2.23. The van der Waals surface area contributed by atoms with Crippen molar-refractivity contribution in [2.45, 2.75) is 26.4 Å². The minimum absolute atomic E-state index is 0.176. The third-order valence-electron chi connectivity index (χ3n) is 3.17. The lowest BCUT2D eigenvalue weighted by Crippen LogP contribution is -2.09. The van der Waals surface area contributed by atoms with Crippen molar-refractivity contribution in [2.24, 2.45) is 0 Å². The third-order valence-corrected chi connectivity index (χ3v) is 3.17. The summed E-state index contributed by atoms with van der Waals surface area (Å²) in [4.78, 5) is 10.8. The van der Waals surface area contributed by atoms with Crippen LogP contribution < -0.4 is 10.1 Å². The fourth-order valence-electron chi connectivity index (χ4n) is 1.83. The van der Waals surface area contributed by atoms with E-state index < -0.39 is 5.97 Å². The topological polar surface area (TPSA) is 58.6 Å². The molecule has 1 unspecified atom stereocenters. The van der Waals surface area contributed by atoms with Crippen LogP contribution in [0.4, 0.5) is 11.4 Å². The zero-order valence-corrected chi connectivity index (χ0v) is 12.2. The number of aromatic carboxylic acids is 1. The van der Waals surface area contributed by atoms with Gasteiger partial charge in [0, 0.05) is 17.4 Å². The Morgan fingerprint density at radius 1 is 1.19 bits per heavy atom. The van der Waals surface area contributed by atoms with E-state index in [9.17, 15) is 4.79 Å². The maximum Gasteiger partial charge on any atom is 0.335 e. The van der Waals surface area contributed by atoms with Gasteiger partial charge in [-0.1, -0.05) is 13.0 Å². The van der Waals surface area contributed by atoms with E-state index in [2.05, 4.69) is 12.2 Å². The van der Waals surface area contributed by atoms with Gasteiger partial charge in [-0.25, -0.2) is 4.79 Å². The fraction of sp³-hybridized carbons (Fsp3) is 0.235. The lowest BCUT2D eigenvalue weighted by atomic mass is 10.2. The van der Waals surface area contributed by atoms with Crippen LogP contribution >= 0.6 is 0 Å². The van der Waals surface area contributed by atoms with Gasteiger partial charge in [0.2, 0.25) is 0 Å². The Morgan fingerprint density at radius 3 is 2.52 bits per heavy atom. The lowest BCUT2D eigenvalue weighted by molar-refractivity contribution is 0.0697. The van der Waals surface area contributed by atoms with Gasteiger partial charge < -0.3 is 15.2 Å². The van der Waals surface area contributed by atoms with E-state index in [1.807, 2.05) is 31.2 Å². The van der Waals surface area contributed by atoms with Crippen LogP contribution in [-0.2, 0) is 0 Å². The number of nitrogens with one attached hydrogen (secondary N) is 1. The summed E-state index contributed by atoms with van der Waals surface area (Å²) in [5, 5.41) is 12.1. The smallest absolute Gasteiger partial charge is 0.335 e. The molecule has 21 heavy (non-hydrogen) atoms. The van der Waals surface area contributed by atoms with Crippen LogP contribution in [0, 0.1) is 0 Å². The number of anilines is 2. The highest BCUT2D eigenvalue weighted by atomic mass is 16.5. The van der Waals surface area contributed by atoms with Crippen molar-refractivity contribution in [2.75, 3.05) is 5.32 Å². The monoisotopic (exact) mass is 285 g/mol. The summed E-state index contributed by atoms with van der Waals surface area (Å²) >= 11 is 0. The van der Waals surface area contributed by atoms with E-state index in [1.54, 1.807) is 24.3 Å². The van der Waals surface area contributed by atoms with Gasteiger partial charge in [0.1, 0.15) is 5.75 Å². The van der Waals surface area contributed by atoms with Gasteiger partial charge in [0.15, 0.2) is 0 Å². The van der Waals surface area contributed by atoms with E-state index in [-0.39, 0.29) is 11.7 Å². The SMILES string of the molecule is CCC(C)Oc1cccc(Nc2ccc(C(=O)O)cc2)c1. The van der Waals surface area contributed by atoms with E-state index >= 15 is 0 Å². The molecule has 0 bridgehead atoms.